The molecule has 1 rings (SSSR count). The summed E-state index contributed by atoms with van der Waals surface area (Å²) >= 11 is 0. The van der Waals surface area contributed by atoms with E-state index in [2.05, 4.69) is 11.2 Å². The molecule has 0 aromatic carbocycles. The zero-order chi connectivity index (χ0) is 7.56. The summed E-state index contributed by atoms with van der Waals surface area (Å²) in [5.41, 5.74) is 0.686. The van der Waals surface area contributed by atoms with Gasteiger partial charge in [0.2, 0.25) is 0 Å². The molecule has 4 heteroatoms. The molecule has 0 aliphatic heterocycles. The van der Waals surface area contributed by atoms with Crippen molar-refractivity contribution in [1.29, 1.82) is 0 Å². The first kappa shape index (κ1) is 6.67. The molecule has 1 aromatic heterocycles. The van der Waals surface area contributed by atoms with E-state index in [0.29, 0.717) is 0 Å². The Kier molecular flexibility index (Phi) is 1.62. The number of hydrogen-bond acceptors (Lipinski definition) is 3. The molecule has 0 N–H and O–H groups in total. The molecule has 51 valence electrons. The van der Waals surface area contributed by atoms with E-state index in [1.165, 1.54) is 12.3 Å². The van der Waals surface area contributed by atoms with Gasteiger partial charge < -0.3 is 0 Å². The normalized spacial score (nSPS) is 9.30. The van der Waals surface area contributed by atoms with Crippen molar-refractivity contribution in [3.8, 4) is 0 Å². The van der Waals surface area contributed by atoms with E-state index < -0.39 is 4.92 Å². The fourth-order valence-corrected chi connectivity index (χ4v) is 0.579. The average Bonchev–Trinajstić information content (AvgIpc) is 1.88. The van der Waals surface area contributed by atoms with E-state index in [-0.39, 0.29) is 5.69 Å². The number of aromatic nitrogens is 1. The maximum absolute atomic E-state index is 10.1. The Hall–Kier alpha value is -1.45. The fourth-order valence-electron chi connectivity index (χ4n) is 0.579. The summed E-state index contributed by atoms with van der Waals surface area (Å²) in [7, 11) is 0. The van der Waals surface area contributed by atoms with Crippen LogP contribution in [0.3, 0.4) is 0 Å². The van der Waals surface area contributed by atoms with Crippen LogP contribution in [0.2, 0.25) is 0 Å². The molecule has 1 heterocycles. The van der Waals surface area contributed by atoms with Gasteiger partial charge in [0.05, 0.1) is 4.92 Å². The van der Waals surface area contributed by atoms with Crippen molar-refractivity contribution in [2.24, 2.45) is 0 Å². The quantitative estimate of drug-likeness (QED) is 0.430. The molecule has 10 heavy (non-hydrogen) atoms. The number of rotatable bonds is 1. The third-order valence-corrected chi connectivity index (χ3v) is 1.01. The van der Waals surface area contributed by atoms with Gasteiger partial charge in [-0.15, -0.1) is 0 Å². The average molecular weight is 137 g/mol. The number of hydrogen-bond donors (Lipinski definition) is 0. The lowest BCUT2D eigenvalue weighted by atomic mass is 10.3. The highest BCUT2D eigenvalue weighted by molar-refractivity contribution is 5.27. The van der Waals surface area contributed by atoms with Crippen molar-refractivity contribution in [1.82, 2.24) is 4.98 Å². The van der Waals surface area contributed by atoms with Crippen molar-refractivity contribution in [2.75, 3.05) is 0 Å². The summed E-state index contributed by atoms with van der Waals surface area (Å²) in [6.45, 7) is 1.74. The monoisotopic (exact) mass is 137 g/mol. The lowest BCUT2D eigenvalue weighted by Crippen LogP contribution is -1.89. The van der Waals surface area contributed by atoms with Gasteiger partial charge in [0.25, 0.3) is 5.69 Å². The summed E-state index contributed by atoms with van der Waals surface area (Å²) in [4.78, 5) is 13.1. The minimum atomic E-state index is -0.514. The van der Waals surface area contributed by atoms with Crippen LogP contribution in [-0.4, -0.2) is 9.91 Å². The van der Waals surface area contributed by atoms with Crippen LogP contribution in [0.25, 0.3) is 0 Å². The molecule has 0 atom stereocenters. The SMILES string of the molecule is Cc1cn[c]c([N+](=O)[O-])c1. The summed E-state index contributed by atoms with van der Waals surface area (Å²) < 4.78 is 0. The maximum Gasteiger partial charge on any atom is 0.297 e. The molecule has 1 aromatic rings. The second kappa shape index (κ2) is 2.43. The van der Waals surface area contributed by atoms with Gasteiger partial charge >= 0.3 is 0 Å². The first-order valence-electron chi connectivity index (χ1n) is 2.69. The predicted molar refractivity (Wildman–Crippen MR) is 34.5 cm³/mol. The predicted octanol–water partition coefficient (Wildman–Crippen LogP) is 1.10. The maximum atomic E-state index is 10.1. The Bertz CT molecular complexity index is 260. The van der Waals surface area contributed by atoms with Gasteiger partial charge in [-0.05, 0) is 12.5 Å². The Balaban J connectivity index is 3.07. The molecule has 4 nitrogen and oxygen atoms in total. The van der Waals surface area contributed by atoms with Crippen LogP contribution in [-0.2, 0) is 0 Å². The minimum absolute atomic E-state index is 0.0833. The van der Waals surface area contributed by atoms with Crippen LogP contribution in [0.5, 0.6) is 0 Å². The van der Waals surface area contributed by atoms with Gasteiger partial charge in [0, 0.05) is 12.3 Å². The van der Waals surface area contributed by atoms with E-state index in [9.17, 15) is 10.1 Å². The Morgan fingerprint density at radius 1 is 1.80 bits per heavy atom. The summed E-state index contributed by atoms with van der Waals surface area (Å²) in [5, 5.41) is 10.1. The number of nitrogens with zero attached hydrogens (tertiary/aromatic N) is 2. The van der Waals surface area contributed by atoms with Crippen LogP contribution < -0.4 is 0 Å². The van der Waals surface area contributed by atoms with Crippen LogP contribution in [0.15, 0.2) is 12.3 Å². The molecule has 0 aliphatic carbocycles. The van der Waals surface area contributed by atoms with Crippen LogP contribution in [0.4, 0.5) is 5.69 Å². The second-order valence-electron chi connectivity index (χ2n) is 1.90. The molecule has 1 radical (unpaired) electrons. The Morgan fingerprint density at radius 2 is 2.50 bits per heavy atom. The highest BCUT2D eigenvalue weighted by Gasteiger charge is 2.04. The molecule has 0 unspecified atom stereocenters. The lowest BCUT2D eigenvalue weighted by molar-refractivity contribution is -0.385. The van der Waals surface area contributed by atoms with E-state index in [1.54, 1.807) is 6.92 Å². The molecule has 0 amide bonds. The summed E-state index contributed by atoms with van der Waals surface area (Å²) in [6, 6.07) is 1.42. The topological polar surface area (TPSA) is 56.0 Å². The van der Waals surface area contributed by atoms with Gasteiger partial charge in [-0.2, -0.15) is 0 Å². The van der Waals surface area contributed by atoms with Crippen LogP contribution >= 0.6 is 0 Å². The zero-order valence-corrected chi connectivity index (χ0v) is 5.37. The first-order valence-corrected chi connectivity index (χ1v) is 2.69. The van der Waals surface area contributed by atoms with Crippen molar-refractivity contribution in [3.63, 3.8) is 0 Å². The molecule has 0 spiro atoms. The lowest BCUT2D eigenvalue weighted by Gasteiger charge is -1.89. The standard InChI is InChI=1S/C6H5N2O2/c1-5-2-6(8(9)10)4-7-3-5/h2-3H,1H3. The highest BCUT2D eigenvalue weighted by atomic mass is 16.6. The Morgan fingerprint density at radius 3 is 2.90 bits per heavy atom. The number of pyridine rings is 1. The Labute approximate surface area is 57.7 Å². The van der Waals surface area contributed by atoms with Crippen molar-refractivity contribution >= 4 is 5.69 Å². The van der Waals surface area contributed by atoms with Crippen molar-refractivity contribution in [2.45, 2.75) is 6.92 Å². The largest absolute Gasteiger partial charge is 0.297 e. The molecular formula is C6H5N2O2. The molecular weight excluding hydrogens is 132 g/mol. The third kappa shape index (κ3) is 1.28. The number of aryl methyl sites for hydroxylation is 1. The highest BCUT2D eigenvalue weighted by Crippen LogP contribution is 2.08. The first-order chi connectivity index (χ1) is 4.70. The van der Waals surface area contributed by atoms with E-state index in [1.807, 2.05) is 0 Å². The van der Waals surface area contributed by atoms with E-state index in [4.69, 9.17) is 0 Å². The molecule has 0 bridgehead atoms. The number of nitro groups is 1. The third-order valence-electron chi connectivity index (χ3n) is 1.01. The van der Waals surface area contributed by atoms with Crippen LogP contribution in [0.1, 0.15) is 5.56 Å². The zero-order valence-electron chi connectivity index (χ0n) is 5.37. The van der Waals surface area contributed by atoms with Gasteiger partial charge in [-0.25, -0.2) is 4.98 Å². The summed E-state index contributed by atoms with van der Waals surface area (Å²) in [6.07, 6.45) is 3.78. The molecule has 0 saturated heterocycles. The van der Waals surface area contributed by atoms with Gasteiger partial charge in [-0.1, -0.05) is 0 Å². The van der Waals surface area contributed by atoms with E-state index >= 15 is 0 Å². The van der Waals surface area contributed by atoms with Crippen LogP contribution in [0, 0.1) is 23.2 Å². The summed E-state index contributed by atoms with van der Waals surface area (Å²) in [5.74, 6) is 0. The smallest absolute Gasteiger partial charge is 0.258 e. The molecule has 0 fully saturated rings. The molecule has 0 aliphatic rings. The van der Waals surface area contributed by atoms with Crippen molar-refractivity contribution < 1.29 is 4.92 Å². The minimum Gasteiger partial charge on any atom is -0.258 e. The molecule has 0 saturated carbocycles. The van der Waals surface area contributed by atoms with Gasteiger partial charge in [-0.3, -0.25) is 10.1 Å². The van der Waals surface area contributed by atoms with Gasteiger partial charge in [0.15, 0.2) is 6.20 Å². The fraction of sp³-hybridized carbons (Fsp3) is 0.167. The second-order valence-corrected chi connectivity index (χ2v) is 1.90. The van der Waals surface area contributed by atoms with Crippen molar-refractivity contribution in [3.05, 3.63) is 34.1 Å². The van der Waals surface area contributed by atoms with Gasteiger partial charge in [0.1, 0.15) is 0 Å². The van der Waals surface area contributed by atoms with E-state index in [0.717, 1.165) is 5.56 Å².